The lowest BCUT2D eigenvalue weighted by Gasteiger charge is -2.21. The van der Waals surface area contributed by atoms with Crippen LogP contribution in [0.3, 0.4) is 0 Å². The second-order valence-electron chi connectivity index (χ2n) is 3.59. The van der Waals surface area contributed by atoms with Crippen molar-refractivity contribution in [2.45, 2.75) is 19.4 Å². The van der Waals surface area contributed by atoms with Gasteiger partial charge in [0.25, 0.3) is 0 Å². The molecular weight excluding hydrogens is 240 g/mol. The number of carboxylic acids is 1. The second kappa shape index (κ2) is 8.76. The Bertz CT molecular complexity index is 302. The Hall–Kier alpha value is -1.35. The van der Waals surface area contributed by atoms with E-state index in [1.165, 1.54) is 0 Å². The van der Waals surface area contributed by atoms with Crippen molar-refractivity contribution in [1.29, 1.82) is 0 Å². The maximum Gasteiger partial charge on any atom is 0.323 e. The largest absolute Gasteiger partial charge is 0.480 e. The molecule has 0 aromatic heterocycles. The molecule has 0 aliphatic heterocycles. The van der Waals surface area contributed by atoms with Crippen molar-refractivity contribution < 1.29 is 14.7 Å². The first kappa shape index (κ1) is 15.7. The topological polar surface area (TPSA) is 69.6 Å². The first-order valence-corrected chi connectivity index (χ1v) is 6.60. The molecule has 0 spiro atoms. The van der Waals surface area contributed by atoms with Crippen LogP contribution in [0.2, 0.25) is 0 Å². The summed E-state index contributed by atoms with van der Waals surface area (Å²) >= 11 is 1.69. The van der Waals surface area contributed by atoms with E-state index in [9.17, 15) is 9.59 Å². The Kier molecular flexibility index (Phi) is 8.07. The number of nitrogens with one attached hydrogen (secondary N) is 1. The van der Waals surface area contributed by atoms with Gasteiger partial charge in [0.2, 0.25) is 0 Å². The summed E-state index contributed by atoms with van der Waals surface area (Å²) in [6.45, 7) is 1.49. The van der Waals surface area contributed by atoms with Crippen molar-refractivity contribution in [3.8, 4) is 12.3 Å². The summed E-state index contributed by atoms with van der Waals surface area (Å²) in [6, 6.07) is -0.428. The second-order valence-corrected chi connectivity index (χ2v) is 4.57. The molecule has 0 aromatic carbocycles. The molecule has 5 nitrogen and oxygen atoms in total. The van der Waals surface area contributed by atoms with E-state index in [1.807, 2.05) is 13.2 Å². The van der Waals surface area contributed by atoms with Gasteiger partial charge in [0, 0.05) is 6.04 Å². The van der Waals surface area contributed by atoms with Gasteiger partial charge >= 0.3 is 12.0 Å². The van der Waals surface area contributed by atoms with Crippen LogP contribution in [0.1, 0.15) is 13.3 Å². The van der Waals surface area contributed by atoms with Crippen molar-refractivity contribution in [2.24, 2.45) is 0 Å². The fourth-order valence-corrected chi connectivity index (χ4v) is 1.73. The maximum absolute atomic E-state index is 11.7. The van der Waals surface area contributed by atoms with Gasteiger partial charge in [-0.05, 0) is 25.4 Å². The van der Waals surface area contributed by atoms with E-state index >= 15 is 0 Å². The first-order chi connectivity index (χ1) is 8.01. The zero-order valence-electron chi connectivity index (χ0n) is 10.1. The molecule has 1 atom stereocenters. The number of carbonyl (C=O) groups excluding carboxylic acids is 1. The van der Waals surface area contributed by atoms with E-state index in [0.717, 1.165) is 17.1 Å². The first-order valence-electron chi connectivity index (χ1n) is 5.20. The molecule has 0 aromatic rings. The van der Waals surface area contributed by atoms with Gasteiger partial charge < -0.3 is 15.3 Å². The summed E-state index contributed by atoms with van der Waals surface area (Å²) in [7, 11) is 0. The van der Waals surface area contributed by atoms with Crippen LogP contribution < -0.4 is 5.32 Å². The van der Waals surface area contributed by atoms with Crippen LogP contribution in [0.15, 0.2) is 0 Å². The van der Waals surface area contributed by atoms with Gasteiger partial charge in [0.1, 0.15) is 6.54 Å². The summed E-state index contributed by atoms with van der Waals surface area (Å²) in [6.07, 6.45) is 7.91. The Balaban J connectivity index is 4.22. The normalized spacial score (nSPS) is 11.4. The van der Waals surface area contributed by atoms with Gasteiger partial charge in [-0.1, -0.05) is 5.92 Å². The van der Waals surface area contributed by atoms with Gasteiger partial charge in [-0.2, -0.15) is 11.8 Å². The van der Waals surface area contributed by atoms with Crippen molar-refractivity contribution in [3.05, 3.63) is 0 Å². The van der Waals surface area contributed by atoms with E-state index < -0.39 is 12.0 Å². The minimum absolute atomic E-state index is 0.00372. The summed E-state index contributed by atoms with van der Waals surface area (Å²) in [4.78, 5) is 23.3. The van der Waals surface area contributed by atoms with E-state index in [0.29, 0.717) is 0 Å². The molecule has 0 heterocycles. The monoisotopic (exact) mass is 258 g/mol. The molecule has 17 heavy (non-hydrogen) atoms. The molecule has 2 N–H and O–H groups in total. The molecule has 0 bridgehead atoms. The minimum atomic E-state index is -1.08. The van der Waals surface area contributed by atoms with E-state index in [1.54, 1.807) is 11.8 Å². The van der Waals surface area contributed by atoms with Crippen LogP contribution in [-0.2, 0) is 4.79 Å². The number of hydrogen-bond donors (Lipinski definition) is 2. The molecule has 0 aliphatic rings. The van der Waals surface area contributed by atoms with E-state index in [2.05, 4.69) is 11.2 Å². The van der Waals surface area contributed by atoms with Gasteiger partial charge in [0.15, 0.2) is 0 Å². The van der Waals surface area contributed by atoms with Crippen LogP contribution in [0.5, 0.6) is 0 Å². The highest BCUT2D eigenvalue weighted by atomic mass is 32.2. The third-order valence-electron chi connectivity index (χ3n) is 2.02. The predicted octanol–water partition coefficient (Wildman–Crippen LogP) is 0.857. The fraction of sp³-hybridized carbons (Fsp3) is 0.636. The summed E-state index contributed by atoms with van der Waals surface area (Å²) in [5.41, 5.74) is 0. The van der Waals surface area contributed by atoms with Gasteiger partial charge in [-0.25, -0.2) is 4.79 Å². The molecule has 96 valence electrons. The summed E-state index contributed by atoms with van der Waals surface area (Å²) < 4.78 is 0. The lowest BCUT2D eigenvalue weighted by Crippen LogP contribution is -2.46. The van der Waals surface area contributed by atoms with Crippen LogP contribution in [0, 0.1) is 12.3 Å². The average Bonchev–Trinajstić information content (AvgIpc) is 2.25. The van der Waals surface area contributed by atoms with Crippen molar-refractivity contribution in [2.75, 3.05) is 25.1 Å². The minimum Gasteiger partial charge on any atom is -0.480 e. The lowest BCUT2D eigenvalue weighted by molar-refractivity contribution is -0.137. The predicted molar refractivity (Wildman–Crippen MR) is 69.0 cm³/mol. The van der Waals surface area contributed by atoms with Crippen LogP contribution in [0.25, 0.3) is 0 Å². The molecule has 0 rings (SSSR count). The van der Waals surface area contributed by atoms with Crippen LogP contribution in [-0.4, -0.2) is 53.1 Å². The number of urea groups is 1. The Morgan fingerprint density at radius 1 is 1.59 bits per heavy atom. The number of rotatable bonds is 7. The van der Waals surface area contributed by atoms with Crippen molar-refractivity contribution in [3.63, 3.8) is 0 Å². The molecule has 0 radical (unpaired) electrons. The standard InChI is InChI=1S/C11H18N2O3S/c1-4-6-13(8-10(14)15)11(16)12-9(2)5-7-17-3/h1,9H,5-8H2,2-3H3,(H,12,16)(H,14,15). The number of carbonyl (C=O) groups is 2. The fourth-order valence-electron chi connectivity index (χ4n) is 1.14. The molecule has 0 aliphatic carbocycles. The zero-order valence-corrected chi connectivity index (χ0v) is 10.9. The zero-order chi connectivity index (χ0) is 13.3. The number of hydrogen-bond acceptors (Lipinski definition) is 3. The maximum atomic E-state index is 11.7. The number of carboxylic acid groups (broad SMARTS) is 1. The molecule has 0 fully saturated rings. The Morgan fingerprint density at radius 2 is 2.24 bits per heavy atom. The van der Waals surface area contributed by atoms with Crippen LogP contribution in [0.4, 0.5) is 4.79 Å². The number of nitrogens with zero attached hydrogens (tertiary/aromatic N) is 1. The average molecular weight is 258 g/mol. The van der Waals surface area contributed by atoms with Crippen LogP contribution >= 0.6 is 11.8 Å². The lowest BCUT2D eigenvalue weighted by atomic mass is 10.3. The SMILES string of the molecule is C#CCN(CC(=O)O)C(=O)NC(C)CCSC. The third kappa shape index (κ3) is 7.53. The highest BCUT2D eigenvalue weighted by Crippen LogP contribution is 2.00. The molecule has 6 heteroatoms. The van der Waals surface area contributed by atoms with E-state index in [-0.39, 0.29) is 19.1 Å². The van der Waals surface area contributed by atoms with Gasteiger partial charge in [0.05, 0.1) is 6.54 Å². The third-order valence-corrected chi connectivity index (χ3v) is 2.66. The number of thioether (sulfide) groups is 1. The van der Waals surface area contributed by atoms with Gasteiger partial charge in [-0.3, -0.25) is 4.79 Å². The highest BCUT2D eigenvalue weighted by molar-refractivity contribution is 7.98. The number of terminal acetylenes is 1. The van der Waals surface area contributed by atoms with Gasteiger partial charge in [-0.15, -0.1) is 6.42 Å². The molecule has 0 saturated heterocycles. The van der Waals surface area contributed by atoms with Crippen molar-refractivity contribution >= 4 is 23.8 Å². The van der Waals surface area contributed by atoms with Crippen molar-refractivity contribution in [1.82, 2.24) is 10.2 Å². The molecule has 2 amide bonds. The highest BCUT2D eigenvalue weighted by Gasteiger charge is 2.17. The molecular formula is C11H18N2O3S. The molecule has 1 unspecified atom stereocenters. The smallest absolute Gasteiger partial charge is 0.323 e. The number of amides is 2. The summed E-state index contributed by atoms with van der Waals surface area (Å²) in [5, 5.41) is 11.4. The molecule has 0 saturated carbocycles. The Labute approximate surface area is 106 Å². The number of aliphatic carboxylic acids is 1. The quantitative estimate of drug-likeness (QED) is 0.664. The van der Waals surface area contributed by atoms with E-state index in [4.69, 9.17) is 11.5 Å². The Morgan fingerprint density at radius 3 is 2.71 bits per heavy atom. The summed E-state index contributed by atoms with van der Waals surface area (Å²) in [5.74, 6) is 2.13.